The number of rotatable bonds is 8. The van der Waals surface area contributed by atoms with Gasteiger partial charge in [-0.3, -0.25) is 9.59 Å². The highest BCUT2D eigenvalue weighted by Crippen LogP contribution is 2.39. The van der Waals surface area contributed by atoms with Crippen molar-refractivity contribution in [3.8, 4) is 28.5 Å². The summed E-state index contributed by atoms with van der Waals surface area (Å²) in [5.41, 5.74) is -0.118. The third kappa shape index (κ3) is 7.03. The third-order valence-corrected chi connectivity index (χ3v) is 7.28. The minimum absolute atomic E-state index is 0.0166. The number of hydrogen-bond donors (Lipinski definition) is 3. The fraction of sp³-hybridized carbons (Fsp3) is 0.290. The van der Waals surface area contributed by atoms with Gasteiger partial charge >= 0.3 is 6.18 Å². The SMILES string of the molecule is CNC(=O)c1c(-c2ccc(F)cc2)oc2nc(NCC(F)(F)F)c(-c3ccc(F)c(C=O)c3)cc12.CNC(C)(C#N)C1CC1. The predicted octanol–water partition coefficient (Wildman–Crippen LogP) is 6.48. The zero-order valence-electron chi connectivity index (χ0n) is 23.9. The molecule has 0 bridgehead atoms. The fourth-order valence-electron chi connectivity index (χ4n) is 4.53. The van der Waals surface area contributed by atoms with Crippen molar-refractivity contribution in [3.05, 3.63) is 71.3 Å². The van der Waals surface area contributed by atoms with Crippen LogP contribution in [0, 0.1) is 28.9 Å². The number of fused-ring (bicyclic) bond motifs is 1. The van der Waals surface area contributed by atoms with Gasteiger partial charge in [0, 0.05) is 18.2 Å². The van der Waals surface area contributed by atoms with Crippen LogP contribution in [0.3, 0.4) is 0 Å². The summed E-state index contributed by atoms with van der Waals surface area (Å²) in [5, 5.41) is 16.5. The van der Waals surface area contributed by atoms with Gasteiger partial charge in [-0.1, -0.05) is 6.07 Å². The number of halogens is 5. The van der Waals surface area contributed by atoms with Gasteiger partial charge in [-0.2, -0.15) is 23.4 Å². The highest BCUT2D eigenvalue weighted by molar-refractivity contribution is 6.11. The molecule has 1 fully saturated rings. The van der Waals surface area contributed by atoms with E-state index in [1.165, 1.54) is 44.2 Å². The first kappa shape index (κ1) is 32.1. The number of anilines is 1. The van der Waals surface area contributed by atoms with Gasteiger partial charge in [-0.25, -0.2) is 8.78 Å². The zero-order valence-corrected chi connectivity index (χ0v) is 23.9. The van der Waals surface area contributed by atoms with Crippen LogP contribution < -0.4 is 16.0 Å². The zero-order chi connectivity index (χ0) is 32.2. The third-order valence-electron chi connectivity index (χ3n) is 7.28. The molecular formula is C31H28F5N5O3. The average Bonchev–Trinajstić information content (AvgIpc) is 3.81. The molecule has 3 N–H and O–H groups in total. The first-order chi connectivity index (χ1) is 20.8. The second-order valence-corrected chi connectivity index (χ2v) is 10.3. The molecule has 0 aliphatic heterocycles. The lowest BCUT2D eigenvalue weighted by atomic mass is 9.99. The number of aromatic nitrogens is 1. The quantitative estimate of drug-likeness (QED) is 0.154. The number of aldehydes is 1. The Labute approximate surface area is 249 Å². The molecule has 230 valence electrons. The lowest BCUT2D eigenvalue weighted by molar-refractivity contribution is -0.115. The minimum Gasteiger partial charge on any atom is -0.437 e. The molecule has 1 amide bonds. The van der Waals surface area contributed by atoms with Gasteiger partial charge in [0.25, 0.3) is 5.91 Å². The van der Waals surface area contributed by atoms with Gasteiger partial charge in [0.15, 0.2) is 6.29 Å². The largest absolute Gasteiger partial charge is 0.437 e. The first-order valence-corrected chi connectivity index (χ1v) is 13.5. The number of furan rings is 1. The minimum atomic E-state index is -4.58. The van der Waals surface area contributed by atoms with Crippen LogP contribution in [0.2, 0.25) is 0 Å². The summed E-state index contributed by atoms with van der Waals surface area (Å²) < 4.78 is 71.9. The van der Waals surface area contributed by atoms with Crippen molar-refractivity contribution in [3.63, 3.8) is 0 Å². The number of nitrogens with zero attached hydrogens (tertiary/aromatic N) is 2. The summed E-state index contributed by atoms with van der Waals surface area (Å²) in [5.74, 6) is -1.55. The second kappa shape index (κ2) is 12.8. The number of nitriles is 1. The number of amides is 1. The molecule has 13 heteroatoms. The number of carbonyl (C=O) groups excluding carboxylic acids is 2. The standard InChI is InChI=1S/C24H16F5N3O3.C7H12N2/c1-30-22(34)19-17-9-16(13-4-7-18(26)14(8-13)10-33)21(31-11-24(27,28)29)32-23(17)35-20(19)12-2-5-15(25)6-3-12;1-7(5-8,9-2)6-3-4-6/h2-10H,11H2,1H3,(H,30,34)(H,31,32);6,9H,3-4H2,1-2H3. The molecule has 2 heterocycles. The molecule has 1 aliphatic rings. The summed E-state index contributed by atoms with van der Waals surface area (Å²) in [6.07, 6.45) is -1.88. The van der Waals surface area contributed by atoms with Gasteiger partial charge in [0.2, 0.25) is 5.71 Å². The van der Waals surface area contributed by atoms with Crippen LogP contribution in [-0.4, -0.2) is 49.5 Å². The Bertz CT molecular complexity index is 1730. The highest BCUT2D eigenvalue weighted by Gasteiger charge is 2.40. The van der Waals surface area contributed by atoms with Gasteiger partial charge in [0.05, 0.1) is 22.6 Å². The van der Waals surface area contributed by atoms with Gasteiger partial charge in [-0.15, -0.1) is 0 Å². The van der Waals surface area contributed by atoms with E-state index in [9.17, 15) is 31.5 Å². The molecule has 1 aliphatic carbocycles. The summed E-state index contributed by atoms with van der Waals surface area (Å²) in [6, 6.07) is 12.1. The molecule has 0 radical (unpaired) electrons. The average molecular weight is 614 g/mol. The van der Waals surface area contributed by atoms with Crippen molar-refractivity contribution in [2.75, 3.05) is 26.0 Å². The van der Waals surface area contributed by atoms with Crippen LogP contribution in [0.4, 0.5) is 27.8 Å². The number of carbonyl (C=O) groups is 2. The summed E-state index contributed by atoms with van der Waals surface area (Å²) in [7, 11) is 3.22. The van der Waals surface area contributed by atoms with E-state index in [4.69, 9.17) is 9.68 Å². The topological polar surface area (TPSA) is 120 Å². The van der Waals surface area contributed by atoms with E-state index in [1.807, 2.05) is 14.0 Å². The van der Waals surface area contributed by atoms with Crippen LogP contribution in [-0.2, 0) is 0 Å². The Morgan fingerprint density at radius 3 is 2.27 bits per heavy atom. The number of alkyl halides is 3. The van der Waals surface area contributed by atoms with Crippen molar-refractivity contribution in [1.82, 2.24) is 15.6 Å². The lowest BCUT2D eigenvalue weighted by Gasteiger charge is -2.18. The van der Waals surface area contributed by atoms with E-state index >= 15 is 0 Å². The van der Waals surface area contributed by atoms with Crippen molar-refractivity contribution in [1.29, 1.82) is 5.26 Å². The number of pyridine rings is 1. The molecule has 0 spiro atoms. The molecule has 1 unspecified atom stereocenters. The van der Waals surface area contributed by atoms with Crippen LogP contribution in [0.15, 0.2) is 52.9 Å². The Morgan fingerprint density at radius 2 is 1.75 bits per heavy atom. The predicted molar refractivity (Wildman–Crippen MR) is 154 cm³/mol. The second-order valence-electron chi connectivity index (χ2n) is 10.3. The summed E-state index contributed by atoms with van der Waals surface area (Å²) >= 11 is 0. The molecule has 2 aromatic carbocycles. The smallest absolute Gasteiger partial charge is 0.405 e. The number of nitrogens with one attached hydrogen (secondary N) is 3. The van der Waals surface area contributed by atoms with E-state index in [0.717, 1.165) is 24.3 Å². The maximum Gasteiger partial charge on any atom is 0.405 e. The number of hydrogen-bond acceptors (Lipinski definition) is 7. The van der Waals surface area contributed by atoms with Crippen molar-refractivity contribution in [2.45, 2.75) is 31.5 Å². The van der Waals surface area contributed by atoms with E-state index < -0.39 is 30.3 Å². The summed E-state index contributed by atoms with van der Waals surface area (Å²) in [6.45, 7) is 0.527. The van der Waals surface area contributed by atoms with Gasteiger partial charge in [0.1, 0.15) is 35.3 Å². The molecule has 1 atom stereocenters. The highest BCUT2D eigenvalue weighted by atomic mass is 19.4. The van der Waals surface area contributed by atoms with Crippen molar-refractivity contribution < 1.29 is 36.0 Å². The van der Waals surface area contributed by atoms with E-state index in [2.05, 4.69) is 27.0 Å². The molecule has 0 saturated heterocycles. The Kier molecular flexibility index (Phi) is 9.34. The van der Waals surface area contributed by atoms with E-state index in [-0.39, 0.29) is 56.8 Å². The van der Waals surface area contributed by atoms with Crippen LogP contribution >= 0.6 is 0 Å². The molecule has 2 aromatic heterocycles. The van der Waals surface area contributed by atoms with Crippen LogP contribution in [0.5, 0.6) is 0 Å². The summed E-state index contributed by atoms with van der Waals surface area (Å²) in [4.78, 5) is 28.1. The van der Waals surface area contributed by atoms with E-state index in [1.54, 1.807) is 0 Å². The van der Waals surface area contributed by atoms with Crippen molar-refractivity contribution in [2.24, 2.45) is 5.92 Å². The van der Waals surface area contributed by atoms with Gasteiger partial charge < -0.3 is 20.4 Å². The Morgan fingerprint density at radius 1 is 1.09 bits per heavy atom. The van der Waals surface area contributed by atoms with E-state index in [0.29, 0.717) is 11.5 Å². The fourth-order valence-corrected chi connectivity index (χ4v) is 4.53. The van der Waals surface area contributed by atoms with Crippen LogP contribution in [0.1, 0.15) is 40.5 Å². The van der Waals surface area contributed by atoms with Gasteiger partial charge in [-0.05, 0) is 80.8 Å². The normalized spacial score (nSPS) is 14.2. The van der Waals surface area contributed by atoms with Crippen molar-refractivity contribution >= 4 is 29.1 Å². The van der Waals surface area contributed by atoms with Crippen LogP contribution in [0.25, 0.3) is 33.6 Å². The monoisotopic (exact) mass is 613 g/mol. The number of benzene rings is 2. The molecule has 5 rings (SSSR count). The molecular weight excluding hydrogens is 585 g/mol. The Hall–Kier alpha value is -4.83. The molecule has 1 saturated carbocycles. The lowest BCUT2D eigenvalue weighted by Crippen LogP contribution is -2.40. The molecule has 44 heavy (non-hydrogen) atoms. The maximum absolute atomic E-state index is 13.9. The molecule has 4 aromatic rings. The maximum atomic E-state index is 13.9. The molecule has 8 nitrogen and oxygen atoms in total. The Balaban J connectivity index is 0.000000421. The first-order valence-electron chi connectivity index (χ1n) is 13.5.